The Balaban J connectivity index is 2.09. The van der Waals surface area contributed by atoms with Gasteiger partial charge in [0.2, 0.25) is 0 Å². The first-order valence-corrected chi connectivity index (χ1v) is 5.54. The van der Waals surface area contributed by atoms with Crippen molar-refractivity contribution < 1.29 is 9.53 Å². The van der Waals surface area contributed by atoms with Gasteiger partial charge < -0.3 is 4.74 Å². The Morgan fingerprint density at radius 2 is 2.06 bits per heavy atom. The molecule has 1 aromatic rings. The van der Waals surface area contributed by atoms with Gasteiger partial charge in [-0.3, -0.25) is 4.79 Å². The number of ketones is 1. The van der Waals surface area contributed by atoms with E-state index in [1.54, 1.807) is 0 Å². The molecule has 2 nitrogen and oxygen atoms in total. The predicted octanol–water partition coefficient (Wildman–Crippen LogP) is 3.26. The van der Waals surface area contributed by atoms with Crippen molar-refractivity contribution in [1.29, 1.82) is 0 Å². The summed E-state index contributed by atoms with van der Waals surface area (Å²) >= 11 is 0. The van der Waals surface area contributed by atoms with Gasteiger partial charge in [-0.05, 0) is 30.5 Å². The highest BCUT2D eigenvalue weighted by atomic mass is 16.5. The van der Waals surface area contributed by atoms with Gasteiger partial charge in [-0.25, -0.2) is 0 Å². The molecule has 1 aromatic carbocycles. The Morgan fingerprint density at radius 1 is 1.31 bits per heavy atom. The van der Waals surface area contributed by atoms with E-state index in [-0.39, 0.29) is 5.78 Å². The number of benzene rings is 1. The van der Waals surface area contributed by atoms with E-state index in [2.05, 4.69) is 6.58 Å². The van der Waals surface area contributed by atoms with Crippen molar-refractivity contribution in [3.63, 3.8) is 0 Å². The molecule has 0 amide bonds. The first-order valence-electron chi connectivity index (χ1n) is 5.54. The van der Waals surface area contributed by atoms with Crippen LogP contribution in [0.4, 0.5) is 0 Å². The normalized spacial score (nSPS) is 13.6. The van der Waals surface area contributed by atoms with Crippen molar-refractivity contribution in [3.05, 3.63) is 47.0 Å². The first kappa shape index (κ1) is 11.1. The molecule has 0 unspecified atom stereocenters. The quantitative estimate of drug-likeness (QED) is 0.570. The maximum Gasteiger partial charge on any atom is 0.163 e. The fourth-order valence-corrected chi connectivity index (χ4v) is 1.82. The van der Waals surface area contributed by atoms with Gasteiger partial charge in [0.1, 0.15) is 0 Å². The summed E-state index contributed by atoms with van der Waals surface area (Å²) in [7, 11) is 0. The van der Waals surface area contributed by atoms with E-state index in [0.29, 0.717) is 19.6 Å². The summed E-state index contributed by atoms with van der Waals surface area (Å²) in [6.07, 6.45) is 1.32. The maximum absolute atomic E-state index is 11.9. The molecule has 0 saturated heterocycles. The molecule has 16 heavy (non-hydrogen) atoms. The maximum atomic E-state index is 11.9. The Bertz CT molecular complexity index is 432. The van der Waals surface area contributed by atoms with E-state index >= 15 is 0 Å². The first-order chi connectivity index (χ1) is 7.66. The zero-order valence-electron chi connectivity index (χ0n) is 9.58. The zero-order valence-corrected chi connectivity index (χ0v) is 9.58. The summed E-state index contributed by atoms with van der Waals surface area (Å²) in [5.74, 6) is 0.192. The number of Topliss-reactive ketones (excluding diaryl/α,β-unsaturated/α-hetero) is 1. The number of hydrogen-bond donors (Lipinski definition) is 0. The molecule has 1 heterocycles. The molecule has 2 heteroatoms. The molecule has 0 N–H and O–H groups in total. The van der Waals surface area contributed by atoms with Crippen LogP contribution in [-0.2, 0) is 18.0 Å². The summed E-state index contributed by atoms with van der Waals surface area (Å²) < 4.78 is 5.32. The summed E-state index contributed by atoms with van der Waals surface area (Å²) in [5, 5.41) is 0. The molecule has 0 radical (unpaired) electrons. The third-order valence-electron chi connectivity index (χ3n) is 2.82. The lowest BCUT2D eigenvalue weighted by molar-refractivity contribution is 0.0982. The van der Waals surface area contributed by atoms with Gasteiger partial charge in [-0.2, -0.15) is 0 Å². The molecule has 84 valence electrons. The van der Waals surface area contributed by atoms with Gasteiger partial charge in [0.25, 0.3) is 0 Å². The molecule has 2 rings (SSSR count). The molecule has 0 spiro atoms. The second-order valence-electron chi connectivity index (χ2n) is 4.36. The lowest BCUT2D eigenvalue weighted by atomic mass is 10.0. The second kappa shape index (κ2) is 4.62. The van der Waals surface area contributed by atoms with Crippen molar-refractivity contribution in [1.82, 2.24) is 0 Å². The Labute approximate surface area is 95.9 Å². The van der Waals surface area contributed by atoms with Crippen LogP contribution in [0.15, 0.2) is 30.4 Å². The smallest absolute Gasteiger partial charge is 0.163 e. The number of fused-ring (bicyclic) bond motifs is 1. The highest BCUT2D eigenvalue weighted by molar-refractivity contribution is 5.96. The van der Waals surface area contributed by atoms with Gasteiger partial charge >= 0.3 is 0 Å². The van der Waals surface area contributed by atoms with Crippen molar-refractivity contribution in [2.45, 2.75) is 33.0 Å². The van der Waals surface area contributed by atoms with E-state index in [0.717, 1.165) is 23.1 Å². The van der Waals surface area contributed by atoms with Crippen molar-refractivity contribution in [3.8, 4) is 0 Å². The predicted molar refractivity (Wildman–Crippen MR) is 63.3 cm³/mol. The number of rotatable bonds is 4. The molecule has 0 fully saturated rings. The highest BCUT2D eigenvalue weighted by Gasteiger charge is 2.13. The van der Waals surface area contributed by atoms with Gasteiger partial charge in [-0.15, -0.1) is 6.58 Å². The Hall–Kier alpha value is -1.41. The van der Waals surface area contributed by atoms with E-state index in [1.165, 1.54) is 5.56 Å². The minimum Gasteiger partial charge on any atom is -0.372 e. The van der Waals surface area contributed by atoms with Crippen LogP contribution in [0.3, 0.4) is 0 Å². The molecular formula is C14H16O2. The fraction of sp³-hybridized carbons (Fsp3) is 0.357. The number of allylic oxidation sites excluding steroid dienone is 1. The van der Waals surface area contributed by atoms with Crippen LogP contribution >= 0.6 is 0 Å². The molecule has 0 atom stereocenters. The summed E-state index contributed by atoms with van der Waals surface area (Å²) in [6.45, 7) is 7.07. The molecule has 1 aliphatic heterocycles. The molecule has 1 aliphatic rings. The topological polar surface area (TPSA) is 26.3 Å². The fourth-order valence-electron chi connectivity index (χ4n) is 1.82. The minimum absolute atomic E-state index is 0.192. The molecule has 0 bridgehead atoms. The molecule has 0 saturated carbocycles. The van der Waals surface area contributed by atoms with E-state index < -0.39 is 0 Å². The van der Waals surface area contributed by atoms with Gasteiger partial charge in [0.05, 0.1) is 13.2 Å². The lowest BCUT2D eigenvalue weighted by Crippen LogP contribution is -2.00. The largest absolute Gasteiger partial charge is 0.372 e. The van der Waals surface area contributed by atoms with Crippen LogP contribution in [0, 0.1) is 0 Å². The van der Waals surface area contributed by atoms with Crippen LogP contribution in [-0.4, -0.2) is 5.78 Å². The average Bonchev–Trinajstić information content (AvgIpc) is 2.72. The average molecular weight is 216 g/mol. The second-order valence-corrected chi connectivity index (χ2v) is 4.36. The third-order valence-corrected chi connectivity index (χ3v) is 2.82. The highest BCUT2D eigenvalue weighted by Crippen LogP contribution is 2.21. The van der Waals surface area contributed by atoms with Crippen LogP contribution in [0.1, 0.15) is 41.3 Å². The number of carbonyl (C=O) groups excluding carboxylic acids is 1. The van der Waals surface area contributed by atoms with Gasteiger partial charge in [0, 0.05) is 12.0 Å². The number of ether oxygens (including phenoxy) is 1. The van der Waals surface area contributed by atoms with E-state index in [4.69, 9.17) is 4.74 Å². The zero-order chi connectivity index (χ0) is 11.5. The third kappa shape index (κ3) is 2.39. The Morgan fingerprint density at radius 3 is 2.81 bits per heavy atom. The standard InChI is InChI=1S/C14H16O2/c1-10(2)3-6-14(15)11-4-5-12-8-16-9-13(12)7-11/h4-5,7H,1,3,6,8-9H2,2H3. The lowest BCUT2D eigenvalue weighted by Gasteiger charge is -2.03. The number of hydrogen-bond acceptors (Lipinski definition) is 2. The minimum atomic E-state index is 0.192. The summed E-state index contributed by atoms with van der Waals surface area (Å²) in [4.78, 5) is 11.9. The van der Waals surface area contributed by atoms with Crippen LogP contribution in [0.2, 0.25) is 0 Å². The van der Waals surface area contributed by atoms with Crippen LogP contribution in [0.5, 0.6) is 0 Å². The van der Waals surface area contributed by atoms with E-state index in [1.807, 2.05) is 25.1 Å². The number of carbonyl (C=O) groups is 1. The van der Waals surface area contributed by atoms with Gasteiger partial charge in [-0.1, -0.05) is 17.7 Å². The van der Waals surface area contributed by atoms with Crippen molar-refractivity contribution in [2.24, 2.45) is 0 Å². The van der Waals surface area contributed by atoms with Crippen LogP contribution in [0.25, 0.3) is 0 Å². The van der Waals surface area contributed by atoms with Crippen LogP contribution < -0.4 is 0 Å². The Kier molecular flexibility index (Phi) is 3.20. The van der Waals surface area contributed by atoms with Crippen molar-refractivity contribution >= 4 is 5.78 Å². The van der Waals surface area contributed by atoms with E-state index in [9.17, 15) is 4.79 Å². The molecular weight excluding hydrogens is 200 g/mol. The summed E-state index contributed by atoms with van der Waals surface area (Å²) in [6, 6.07) is 5.85. The molecule has 0 aliphatic carbocycles. The molecule has 0 aromatic heterocycles. The summed E-state index contributed by atoms with van der Waals surface area (Å²) in [5.41, 5.74) is 4.21. The van der Waals surface area contributed by atoms with Crippen molar-refractivity contribution in [2.75, 3.05) is 0 Å². The SMILES string of the molecule is C=C(C)CCC(=O)c1ccc2c(c1)COC2. The monoisotopic (exact) mass is 216 g/mol. The van der Waals surface area contributed by atoms with Gasteiger partial charge in [0.15, 0.2) is 5.78 Å².